The van der Waals surface area contributed by atoms with Crippen molar-refractivity contribution in [2.45, 2.75) is 30.4 Å². The van der Waals surface area contributed by atoms with E-state index in [1.54, 1.807) is 32.0 Å². The first-order valence-electron chi connectivity index (χ1n) is 5.53. The number of sulfone groups is 1. The Morgan fingerprint density at radius 3 is 2.39 bits per heavy atom. The molecule has 0 aliphatic carbocycles. The molecule has 0 bridgehead atoms. The molecule has 1 aromatic rings. The largest absolute Gasteiger partial charge is 0.480 e. The Hall–Kier alpha value is -0.880. The highest BCUT2D eigenvalue weighted by Gasteiger charge is 2.38. The predicted molar refractivity (Wildman–Crippen MR) is 72.2 cm³/mol. The van der Waals surface area contributed by atoms with E-state index in [0.717, 1.165) is 0 Å². The van der Waals surface area contributed by atoms with Crippen LogP contribution in [0.4, 0.5) is 0 Å². The Morgan fingerprint density at radius 2 is 1.94 bits per heavy atom. The predicted octanol–water partition coefficient (Wildman–Crippen LogP) is 2.72. The lowest BCUT2D eigenvalue weighted by molar-refractivity contribution is -0.137. The zero-order valence-electron chi connectivity index (χ0n) is 10.1. The SMILES string of the molecule is CCC(C)C(C(=O)O)S(=O)(=O)c1ccccc1Br. The van der Waals surface area contributed by atoms with Gasteiger partial charge in [0.25, 0.3) is 0 Å². The van der Waals surface area contributed by atoms with Crippen molar-refractivity contribution < 1.29 is 18.3 Å². The molecule has 0 aliphatic rings. The molecule has 2 atom stereocenters. The van der Waals surface area contributed by atoms with E-state index in [-0.39, 0.29) is 4.90 Å². The molecule has 4 nitrogen and oxygen atoms in total. The third kappa shape index (κ3) is 2.92. The summed E-state index contributed by atoms with van der Waals surface area (Å²) in [6.45, 7) is 3.41. The fraction of sp³-hybridized carbons (Fsp3) is 0.417. The highest BCUT2D eigenvalue weighted by molar-refractivity contribution is 9.10. The Bertz CT molecular complexity index is 539. The van der Waals surface area contributed by atoms with Crippen molar-refractivity contribution in [1.82, 2.24) is 0 Å². The fourth-order valence-electron chi connectivity index (χ4n) is 1.71. The molecule has 2 unspecified atom stereocenters. The zero-order valence-corrected chi connectivity index (χ0v) is 12.5. The number of aliphatic carboxylic acids is 1. The number of benzene rings is 1. The summed E-state index contributed by atoms with van der Waals surface area (Å²) in [7, 11) is -3.89. The van der Waals surface area contributed by atoms with Gasteiger partial charge in [0.15, 0.2) is 15.1 Å². The first-order valence-corrected chi connectivity index (χ1v) is 7.87. The van der Waals surface area contributed by atoms with Crippen LogP contribution in [0.3, 0.4) is 0 Å². The van der Waals surface area contributed by atoms with Crippen LogP contribution in [0.5, 0.6) is 0 Å². The van der Waals surface area contributed by atoms with Gasteiger partial charge in [0.2, 0.25) is 0 Å². The summed E-state index contributed by atoms with van der Waals surface area (Å²) in [6, 6.07) is 6.26. The summed E-state index contributed by atoms with van der Waals surface area (Å²) in [5.41, 5.74) is 0. The van der Waals surface area contributed by atoms with Crippen molar-refractivity contribution in [1.29, 1.82) is 0 Å². The first-order chi connectivity index (χ1) is 8.32. The number of hydrogen-bond acceptors (Lipinski definition) is 3. The highest BCUT2D eigenvalue weighted by atomic mass is 79.9. The number of carbonyl (C=O) groups is 1. The Labute approximate surface area is 115 Å². The van der Waals surface area contributed by atoms with Gasteiger partial charge in [-0.05, 0) is 34.0 Å². The maximum absolute atomic E-state index is 12.4. The van der Waals surface area contributed by atoms with E-state index in [1.807, 2.05) is 0 Å². The van der Waals surface area contributed by atoms with Crippen LogP contribution in [-0.4, -0.2) is 24.7 Å². The minimum absolute atomic E-state index is 0.0256. The van der Waals surface area contributed by atoms with Crippen molar-refractivity contribution in [2.75, 3.05) is 0 Å². The lowest BCUT2D eigenvalue weighted by Crippen LogP contribution is -2.36. The van der Waals surface area contributed by atoms with Gasteiger partial charge >= 0.3 is 5.97 Å². The topological polar surface area (TPSA) is 71.4 Å². The molecule has 1 N–H and O–H groups in total. The van der Waals surface area contributed by atoms with Crippen LogP contribution in [0, 0.1) is 5.92 Å². The molecule has 0 amide bonds. The molecular weight excluding hydrogens is 320 g/mol. The lowest BCUT2D eigenvalue weighted by Gasteiger charge is -2.19. The van der Waals surface area contributed by atoms with Crippen LogP contribution in [-0.2, 0) is 14.6 Å². The Morgan fingerprint density at radius 1 is 1.39 bits per heavy atom. The van der Waals surface area contributed by atoms with E-state index >= 15 is 0 Å². The Kier molecular flexibility index (Phi) is 4.92. The van der Waals surface area contributed by atoms with Gasteiger partial charge in [-0.15, -0.1) is 0 Å². The van der Waals surface area contributed by atoms with Crippen LogP contribution in [0.25, 0.3) is 0 Å². The molecular formula is C12H15BrO4S. The number of carboxylic acids is 1. The molecule has 0 spiro atoms. The zero-order chi connectivity index (χ0) is 13.9. The van der Waals surface area contributed by atoms with Gasteiger partial charge in [0.05, 0.1) is 4.90 Å². The van der Waals surface area contributed by atoms with Crippen LogP contribution in [0.1, 0.15) is 20.3 Å². The maximum Gasteiger partial charge on any atom is 0.322 e. The van der Waals surface area contributed by atoms with Crippen LogP contribution in [0.2, 0.25) is 0 Å². The molecule has 0 aromatic heterocycles. The average molecular weight is 335 g/mol. The molecule has 0 fully saturated rings. The van der Waals surface area contributed by atoms with Crippen molar-refractivity contribution >= 4 is 31.7 Å². The smallest absolute Gasteiger partial charge is 0.322 e. The molecule has 6 heteroatoms. The van der Waals surface area contributed by atoms with Gasteiger partial charge in [0, 0.05) is 4.47 Å². The minimum Gasteiger partial charge on any atom is -0.480 e. The van der Waals surface area contributed by atoms with Gasteiger partial charge in [-0.1, -0.05) is 32.4 Å². The maximum atomic E-state index is 12.4. The molecule has 0 saturated heterocycles. The van der Waals surface area contributed by atoms with Gasteiger partial charge in [-0.25, -0.2) is 8.42 Å². The second-order valence-corrected chi connectivity index (χ2v) is 7.01. The first kappa shape index (κ1) is 15.2. The highest BCUT2D eigenvalue weighted by Crippen LogP contribution is 2.29. The van der Waals surface area contributed by atoms with Crippen LogP contribution >= 0.6 is 15.9 Å². The third-order valence-corrected chi connectivity index (χ3v) is 6.14. The molecule has 1 rings (SSSR count). The van der Waals surface area contributed by atoms with Gasteiger partial charge in [-0.3, -0.25) is 4.79 Å². The summed E-state index contributed by atoms with van der Waals surface area (Å²) >= 11 is 3.15. The van der Waals surface area contributed by atoms with Crippen molar-refractivity contribution in [3.8, 4) is 0 Å². The number of halogens is 1. The van der Waals surface area contributed by atoms with E-state index in [0.29, 0.717) is 10.9 Å². The van der Waals surface area contributed by atoms with E-state index in [1.165, 1.54) is 6.07 Å². The molecule has 18 heavy (non-hydrogen) atoms. The van der Waals surface area contributed by atoms with Gasteiger partial charge in [-0.2, -0.15) is 0 Å². The van der Waals surface area contributed by atoms with Gasteiger partial charge < -0.3 is 5.11 Å². The quantitative estimate of drug-likeness (QED) is 0.898. The summed E-state index contributed by atoms with van der Waals surface area (Å²) in [6.07, 6.45) is 0.487. The summed E-state index contributed by atoms with van der Waals surface area (Å²) < 4.78 is 25.2. The number of rotatable bonds is 5. The lowest BCUT2D eigenvalue weighted by atomic mass is 10.1. The monoisotopic (exact) mass is 334 g/mol. The summed E-state index contributed by atoms with van der Waals surface area (Å²) in [5.74, 6) is -1.75. The molecule has 1 aromatic carbocycles. The molecule has 0 aliphatic heterocycles. The van der Waals surface area contributed by atoms with Gasteiger partial charge in [0.1, 0.15) is 0 Å². The molecule has 0 saturated carbocycles. The van der Waals surface area contributed by atoms with E-state index < -0.39 is 27.0 Å². The standard InChI is InChI=1S/C12H15BrO4S/c1-3-8(2)11(12(14)15)18(16,17)10-7-5-4-6-9(10)13/h4-8,11H,3H2,1-2H3,(H,14,15). The van der Waals surface area contributed by atoms with E-state index in [9.17, 15) is 13.2 Å². The van der Waals surface area contributed by atoms with Crippen LogP contribution in [0.15, 0.2) is 33.6 Å². The average Bonchev–Trinajstić information content (AvgIpc) is 2.28. The van der Waals surface area contributed by atoms with Crippen molar-refractivity contribution in [3.63, 3.8) is 0 Å². The third-order valence-electron chi connectivity index (χ3n) is 2.88. The number of hydrogen-bond donors (Lipinski definition) is 1. The number of carboxylic acid groups (broad SMARTS) is 1. The normalized spacial score (nSPS) is 15.1. The van der Waals surface area contributed by atoms with Crippen LogP contribution < -0.4 is 0 Å². The summed E-state index contributed by atoms with van der Waals surface area (Å²) in [4.78, 5) is 11.3. The molecule has 0 heterocycles. The molecule has 100 valence electrons. The fourth-order valence-corrected chi connectivity index (χ4v) is 4.62. The second kappa shape index (κ2) is 5.84. The summed E-state index contributed by atoms with van der Waals surface area (Å²) in [5, 5.41) is 7.75. The Balaban J connectivity index is 3.36. The minimum atomic E-state index is -3.89. The van der Waals surface area contributed by atoms with Crippen molar-refractivity contribution in [3.05, 3.63) is 28.7 Å². The second-order valence-electron chi connectivity index (χ2n) is 4.12. The molecule has 0 radical (unpaired) electrons. The van der Waals surface area contributed by atoms with E-state index in [4.69, 9.17) is 5.11 Å². The van der Waals surface area contributed by atoms with Crippen molar-refractivity contribution in [2.24, 2.45) is 5.92 Å². The van der Waals surface area contributed by atoms with E-state index in [2.05, 4.69) is 15.9 Å².